The van der Waals surface area contributed by atoms with Crippen LogP contribution in [0.1, 0.15) is 0 Å². The fraction of sp³-hybridized carbons (Fsp3) is 0. The van der Waals surface area contributed by atoms with Crippen LogP contribution >= 0.6 is 0 Å². The van der Waals surface area contributed by atoms with E-state index in [1.54, 1.807) is 0 Å². The van der Waals surface area contributed by atoms with E-state index in [0.717, 1.165) is 16.9 Å². The van der Waals surface area contributed by atoms with Gasteiger partial charge in [-0.05, 0) is 53.4 Å². The topological polar surface area (TPSA) is 25.6 Å². The molecule has 0 amide bonds. The summed E-state index contributed by atoms with van der Waals surface area (Å²) in [5.41, 5.74) is 12.0. The van der Waals surface area contributed by atoms with Gasteiger partial charge in [0.15, 0.2) is 0 Å². The highest BCUT2D eigenvalue weighted by Crippen LogP contribution is 2.47. The molecular formula is C50H31N3. The number of fused-ring (bicyclic) bond motifs is 15. The highest BCUT2D eigenvalue weighted by molar-refractivity contribution is 6.38. The Balaban J connectivity index is 1.27. The summed E-state index contributed by atoms with van der Waals surface area (Å²) in [6, 6.07) is 66.6. The molecule has 0 spiro atoms. The fourth-order valence-corrected chi connectivity index (χ4v) is 9.22. The van der Waals surface area contributed by atoms with Crippen molar-refractivity contribution in [2.75, 3.05) is 0 Å². The van der Waals surface area contributed by atoms with Crippen molar-refractivity contribution in [1.82, 2.24) is 14.1 Å². The molecule has 3 heterocycles. The number of hydrogen-bond acceptors (Lipinski definition) is 0. The number of H-pyrrole nitrogens is 1. The van der Waals surface area contributed by atoms with Crippen LogP contribution in [0.2, 0.25) is 0 Å². The molecule has 0 radical (unpaired) electrons. The lowest BCUT2D eigenvalue weighted by atomic mass is 9.96. The first kappa shape index (κ1) is 28.6. The van der Waals surface area contributed by atoms with Crippen LogP contribution < -0.4 is 0 Å². The van der Waals surface area contributed by atoms with Crippen molar-refractivity contribution in [2.24, 2.45) is 0 Å². The third kappa shape index (κ3) is 3.88. The van der Waals surface area contributed by atoms with Gasteiger partial charge in [0.1, 0.15) is 0 Å². The van der Waals surface area contributed by atoms with Crippen molar-refractivity contribution in [3.05, 3.63) is 182 Å². The summed E-state index contributed by atoms with van der Waals surface area (Å²) < 4.78 is 4.97. The van der Waals surface area contributed by atoms with Gasteiger partial charge in [-0.25, -0.2) is 0 Å². The molecule has 0 bridgehead atoms. The van der Waals surface area contributed by atoms with Gasteiger partial charge in [-0.3, -0.25) is 0 Å². The maximum absolute atomic E-state index is 3.83. The van der Waals surface area contributed by atoms with Gasteiger partial charge in [0.05, 0.1) is 27.6 Å². The van der Waals surface area contributed by atoms with Crippen LogP contribution in [-0.2, 0) is 0 Å². The monoisotopic (exact) mass is 673 g/mol. The van der Waals surface area contributed by atoms with Crippen molar-refractivity contribution >= 4 is 87.0 Å². The zero-order valence-electron chi connectivity index (χ0n) is 28.7. The van der Waals surface area contributed by atoms with Gasteiger partial charge in [0, 0.05) is 70.9 Å². The summed E-state index contributed by atoms with van der Waals surface area (Å²) in [5.74, 6) is 0. The molecule has 0 saturated heterocycles. The molecule has 3 aromatic heterocycles. The standard InChI is InChI=1S/C50H31N3/c1-3-14-33(15-4-1)52-44-25-12-10-18-36(44)38-23-13-22-35(48(38)52)32-27-26-31-28-29-41-46-45-40-21-9-11-24-43(40)51-47(45)37-19-7-8-20-39(37)50(46)53(49(41)42(31)30-32)34-16-5-2-6-17-34/h1-30,51H. The molecule has 3 nitrogen and oxygen atoms in total. The minimum atomic E-state index is 1.15. The van der Waals surface area contributed by atoms with Gasteiger partial charge < -0.3 is 14.1 Å². The first-order valence-corrected chi connectivity index (χ1v) is 18.3. The van der Waals surface area contributed by atoms with Crippen LogP contribution in [0.5, 0.6) is 0 Å². The van der Waals surface area contributed by atoms with E-state index in [-0.39, 0.29) is 0 Å². The van der Waals surface area contributed by atoms with Crippen molar-refractivity contribution in [1.29, 1.82) is 0 Å². The second-order valence-electron chi connectivity index (χ2n) is 14.1. The zero-order valence-corrected chi connectivity index (χ0v) is 28.7. The summed E-state index contributed by atoms with van der Waals surface area (Å²) in [6.45, 7) is 0. The van der Waals surface area contributed by atoms with Crippen molar-refractivity contribution in [2.45, 2.75) is 0 Å². The Labute approximate surface area is 304 Å². The maximum atomic E-state index is 3.83. The third-order valence-corrected chi connectivity index (χ3v) is 11.4. The van der Waals surface area contributed by atoms with E-state index < -0.39 is 0 Å². The molecule has 246 valence electrons. The van der Waals surface area contributed by atoms with Crippen LogP contribution in [0.3, 0.4) is 0 Å². The molecule has 3 heteroatoms. The van der Waals surface area contributed by atoms with Crippen molar-refractivity contribution < 1.29 is 0 Å². The number of rotatable bonds is 3. The number of benzene rings is 9. The Kier molecular flexibility index (Phi) is 5.77. The Bertz CT molecular complexity index is 3430. The normalized spacial score (nSPS) is 12.2. The summed E-state index contributed by atoms with van der Waals surface area (Å²) >= 11 is 0. The molecule has 0 aliphatic carbocycles. The summed E-state index contributed by atoms with van der Waals surface area (Å²) in [7, 11) is 0. The van der Waals surface area contributed by atoms with Gasteiger partial charge in [0.2, 0.25) is 0 Å². The molecule has 0 aliphatic heterocycles. The molecule has 0 atom stereocenters. The Morgan fingerprint density at radius 2 is 0.981 bits per heavy atom. The third-order valence-electron chi connectivity index (χ3n) is 11.4. The smallest absolute Gasteiger partial charge is 0.0627 e. The van der Waals surface area contributed by atoms with Crippen molar-refractivity contribution in [3.8, 4) is 22.5 Å². The molecule has 0 fully saturated rings. The van der Waals surface area contributed by atoms with E-state index in [9.17, 15) is 0 Å². The Hall–Kier alpha value is -7.10. The van der Waals surface area contributed by atoms with Gasteiger partial charge >= 0.3 is 0 Å². The first-order valence-electron chi connectivity index (χ1n) is 18.3. The fourth-order valence-electron chi connectivity index (χ4n) is 9.22. The van der Waals surface area contributed by atoms with Crippen LogP contribution in [0.25, 0.3) is 109 Å². The van der Waals surface area contributed by atoms with Crippen LogP contribution in [0.15, 0.2) is 182 Å². The lowest BCUT2D eigenvalue weighted by Crippen LogP contribution is -1.96. The average Bonchev–Trinajstić information content (AvgIpc) is 3.90. The van der Waals surface area contributed by atoms with Crippen molar-refractivity contribution in [3.63, 3.8) is 0 Å². The lowest BCUT2D eigenvalue weighted by molar-refractivity contribution is 1.18. The number of hydrogen-bond donors (Lipinski definition) is 1. The second kappa shape index (κ2) is 10.7. The van der Waals surface area contributed by atoms with E-state index >= 15 is 0 Å². The summed E-state index contributed by atoms with van der Waals surface area (Å²) in [4.78, 5) is 3.83. The number of nitrogens with zero attached hydrogens (tertiary/aromatic N) is 2. The SMILES string of the molecule is c1ccc(-n2c3ccccc3c3cccc(-c4ccc5ccc6c7c8c9ccccc9[nH]c8c8ccccc8c7n(-c7ccccc7)c6c5c4)c32)cc1. The number of aromatic amines is 1. The predicted molar refractivity (Wildman–Crippen MR) is 225 cm³/mol. The van der Waals surface area contributed by atoms with Crippen LogP contribution in [-0.4, -0.2) is 14.1 Å². The molecule has 12 aromatic rings. The van der Waals surface area contributed by atoms with E-state index in [2.05, 4.69) is 196 Å². The van der Waals surface area contributed by atoms with E-state index in [1.165, 1.54) is 92.6 Å². The van der Waals surface area contributed by atoms with E-state index in [0.29, 0.717) is 0 Å². The van der Waals surface area contributed by atoms with E-state index in [4.69, 9.17) is 0 Å². The number of aromatic nitrogens is 3. The van der Waals surface area contributed by atoms with Crippen LogP contribution in [0.4, 0.5) is 0 Å². The molecule has 0 aliphatic rings. The Morgan fingerprint density at radius 1 is 0.358 bits per heavy atom. The average molecular weight is 674 g/mol. The van der Waals surface area contributed by atoms with E-state index in [1.807, 2.05) is 0 Å². The minimum absolute atomic E-state index is 1.15. The first-order chi connectivity index (χ1) is 26.3. The Morgan fingerprint density at radius 3 is 1.79 bits per heavy atom. The molecule has 12 rings (SSSR count). The highest BCUT2D eigenvalue weighted by atomic mass is 15.0. The van der Waals surface area contributed by atoms with Gasteiger partial charge in [-0.2, -0.15) is 0 Å². The largest absolute Gasteiger partial charge is 0.354 e. The number of para-hydroxylation sites is 5. The van der Waals surface area contributed by atoms with Gasteiger partial charge in [0.25, 0.3) is 0 Å². The summed E-state index contributed by atoms with van der Waals surface area (Å²) in [5, 5.41) is 12.5. The second-order valence-corrected chi connectivity index (χ2v) is 14.1. The zero-order chi connectivity index (χ0) is 34.6. The quantitative estimate of drug-likeness (QED) is 0.193. The molecule has 9 aromatic carbocycles. The highest BCUT2D eigenvalue weighted by Gasteiger charge is 2.23. The molecule has 1 N–H and O–H groups in total. The number of nitrogens with one attached hydrogen (secondary N) is 1. The molecule has 0 saturated carbocycles. The van der Waals surface area contributed by atoms with Gasteiger partial charge in [-0.1, -0.05) is 140 Å². The predicted octanol–water partition coefficient (Wildman–Crippen LogP) is 13.5. The summed E-state index contributed by atoms with van der Waals surface area (Å²) in [6.07, 6.45) is 0. The van der Waals surface area contributed by atoms with Gasteiger partial charge in [-0.15, -0.1) is 0 Å². The molecule has 53 heavy (non-hydrogen) atoms. The minimum Gasteiger partial charge on any atom is -0.354 e. The lowest BCUT2D eigenvalue weighted by Gasteiger charge is -2.14. The molecule has 0 unspecified atom stereocenters. The molecular weight excluding hydrogens is 643 g/mol. The van der Waals surface area contributed by atoms with Crippen LogP contribution in [0, 0.1) is 0 Å². The maximum Gasteiger partial charge on any atom is 0.0627 e.